The minimum absolute atomic E-state index is 0.0364. The normalized spacial score (nSPS) is 11.1. The van der Waals surface area contributed by atoms with E-state index in [1.54, 1.807) is 60.7 Å². The molecule has 0 aromatic heterocycles. The van der Waals surface area contributed by atoms with Crippen LogP contribution in [-0.4, -0.2) is 33.4 Å². The first-order valence-electron chi connectivity index (χ1n) is 10.0. The molecule has 0 saturated heterocycles. The Morgan fingerprint density at radius 2 is 1.74 bits per heavy atom. The molecule has 1 N–H and O–H groups in total. The van der Waals surface area contributed by atoms with Gasteiger partial charge in [0.1, 0.15) is 11.8 Å². The minimum atomic E-state index is -3.56. The Bertz CT molecular complexity index is 1300. The van der Waals surface area contributed by atoms with Gasteiger partial charge in [0.15, 0.2) is 6.61 Å². The van der Waals surface area contributed by atoms with Gasteiger partial charge in [-0.3, -0.25) is 9.10 Å². The summed E-state index contributed by atoms with van der Waals surface area (Å²) >= 11 is 5.90. The second kappa shape index (κ2) is 11.3. The number of sulfonamides is 1. The molecule has 8 nitrogen and oxygen atoms in total. The number of hydrazone groups is 1. The van der Waals surface area contributed by atoms with Crippen LogP contribution in [-0.2, 0) is 16.6 Å². The number of ether oxygens (including phenoxy) is 1. The molecule has 0 bridgehead atoms. The van der Waals surface area contributed by atoms with Crippen LogP contribution in [0, 0.1) is 11.3 Å². The first-order chi connectivity index (χ1) is 16.3. The number of carbonyl (C=O) groups excluding carboxylic acids is 1. The third-order valence-electron chi connectivity index (χ3n) is 4.62. The lowest BCUT2D eigenvalue weighted by Gasteiger charge is -2.22. The van der Waals surface area contributed by atoms with E-state index in [0.29, 0.717) is 22.0 Å². The van der Waals surface area contributed by atoms with Gasteiger partial charge in [-0.15, -0.1) is 0 Å². The Morgan fingerprint density at radius 3 is 2.32 bits per heavy atom. The molecule has 0 aliphatic heterocycles. The van der Waals surface area contributed by atoms with E-state index in [0.717, 1.165) is 17.4 Å². The number of amides is 1. The van der Waals surface area contributed by atoms with Gasteiger partial charge in [0.05, 0.1) is 24.7 Å². The molecule has 10 heteroatoms. The van der Waals surface area contributed by atoms with E-state index in [9.17, 15) is 13.2 Å². The molecular weight excluding hydrogens is 476 g/mol. The van der Waals surface area contributed by atoms with Crippen LogP contribution >= 0.6 is 11.6 Å². The van der Waals surface area contributed by atoms with E-state index in [-0.39, 0.29) is 13.2 Å². The summed E-state index contributed by atoms with van der Waals surface area (Å²) in [6.45, 7) is 0.0948. The SMILES string of the molecule is CS(=O)(=O)N(Cc1ccc(Cl)cc1)c1ccc(C(=O)N/N=C\c2ccc(OCC#N)cc2)cc1. The molecule has 0 aliphatic rings. The number of hydrogen-bond acceptors (Lipinski definition) is 6. The van der Waals surface area contributed by atoms with Crippen molar-refractivity contribution >= 4 is 39.4 Å². The Morgan fingerprint density at radius 1 is 1.09 bits per heavy atom. The summed E-state index contributed by atoms with van der Waals surface area (Å²) < 4.78 is 31.1. The minimum Gasteiger partial charge on any atom is -0.479 e. The first-order valence-corrected chi connectivity index (χ1v) is 12.2. The van der Waals surface area contributed by atoms with Crippen LogP contribution in [0.3, 0.4) is 0 Å². The Hall–Kier alpha value is -3.87. The molecule has 1 amide bonds. The topological polar surface area (TPSA) is 112 Å². The van der Waals surface area contributed by atoms with Gasteiger partial charge in [0, 0.05) is 10.6 Å². The lowest BCUT2D eigenvalue weighted by molar-refractivity contribution is 0.0955. The van der Waals surface area contributed by atoms with Crippen molar-refractivity contribution < 1.29 is 17.9 Å². The largest absolute Gasteiger partial charge is 0.479 e. The molecule has 3 rings (SSSR count). The maximum atomic E-state index is 12.4. The van der Waals surface area contributed by atoms with Gasteiger partial charge in [-0.25, -0.2) is 13.8 Å². The highest BCUT2D eigenvalue weighted by Gasteiger charge is 2.18. The van der Waals surface area contributed by atoms with E-state index in [1.807, 2.05) is 6.07 Å². The third kappa shape index (κ3) is 7.07. The van der Waals surface area contributed by atoms with Gasteiger partial charge in [-0.1, -0.05) is 23.7 Å². The summed E-state index contributed by atoms with van der Waals surface area (Å²) in [6, 6.07) is 21.8. The number of benzene rings is 3. The van der Waals surface area contributed by atoms with Crippen LogP contribution in [0.1, 0.15) is 21.5 Å². The molecule has 3 aromatic rings. The zero-order valence-electron chi connectivity index (χ0n) is 18.2. The van der Waals surface area contributed by atoms with Crippen LogP contribution in [0.15, 0.2) is 77.9 Å². The summed E-state index contributed by atoms with van der Waals surface area (Å²) in [5.74, 6) is 0.113. The number of halogens is 1. The van der Waals surface area contributed by atoms with Gasteiger partial charge in [-0.05, 0) is 71.8 Å². The zero-order valence-corrected chi connectivity index (χ0v) is 19.8. The van der Waals surface area contributed by atoms with E-state index in [4.69, 9.17) is 21.6 Å². The summed E-state index contributed by atoms with van der Waals surface area (Å²) in [5, 5.41) is 13.0. The average molecular weight is 497 g/mol. The molecule has 0 unspecified atom stereocenters. The molecule has 0 aliphatic carbocycles. The number of hydrogen-bond donors (Lipinski definition) is 1. The van der Waals surface area contributed by atoms with Crippen molar-refractivity contribution in [2.75, 3.05) is 17.2 Å². The standard InChI is InChI=1S/C24H21ClN4O4S/c1-34(31,32)29(17-19-2-8-21(25)9-3-19)22-10-6-20(7-11-22)24(30)28-27-16-18-4-12-23(13-5-18)33-15-14-26/h2-13,16H,15,17H2,1H3,(H,28,30)/b27-16-. The third-order valence-corrected chi connectivity index (χ3v) is 6.01. The average Bonchev–Trinajstić information content (AvgIpc) is 2.82. The quantitative estimate of drug-likeness (QED) is 0.356. The summed E-state index contributed by atoms with van der Waals surface area (Å²) in [5.41, 5.74) is 4.68. The summed E-state index contributed by atoms with van der Waals surface area (Å²) in [6.07, 6.45) is 2.60. The van der Waals surface area contributed by atoms with Crippen LogP contribution in [0.4, 0.5) is 5.69 Å². The number of nitriles is 1. The predicted octanol–water partition coefficient (Wildman–Crippen LogP) is 3.97. The fourth-order valence-electron chi connectivity index (χ4n) is 2.93. The predicted molar refractivity (Wildman–Crippen MR) is 132 cm³/mol. The molecule has 174 valence electrons. The molecule has 3 aromatic carbocycles. The zero-order chi connectivity index (χ0) is 24.6. The van der Waals surface area contributed by atoms with Crippen LogP contribution in [0.25, 0.3) is 0 Å². The van der Waals surface area contributed by atoms with Crippen molar-refractivity contribution in [3.05, 3.63) is 94.5 Å². The van der Waals surface area contributed by atoms with Crippen LogP contribution in [0.5, 0.6) is 5.75 Å². The van der Waals surface area contributed by atoms with E-state index in [1.165, 1.54) is 22.7 Å². The number of anilines is 1. The maximum absolute atomic E-state index is 12.4. The van der Waals surface area contributed by atoms with Gasteiger partial charge in [0.2, 0.25) is 10.0 Å². The second-order valence-electron chi connectivity index (χ2n) is 7.16. The Kier molecular flexibility index (Phi) is 8.24. The second-order valence-corrected chi connectivity index (χ2v) is 9.50. The van der Waals surface area contributed by atoms with Gasteiger partial charge in [-0.2, -0.15) is 10.4 Å². The molecular formula is C24H21ClN4O4S. The molecule has 0 spiro atoms. The van der Waals surface area contributed by atoms with E-state index >= 15 is 0 Å². The van der Waals surface area contributed by atoms with Crippen molar-refractivity contribution in [1.29, 1.82) is 5.26 Å². The summed E-state index contributed by atoms with van der Waals surface area (Å²) in [4.78, 5) is 12.4. The Balaban J connectivity index is 1.64. The fraction of sp³-hybridized carbons (Fsp3) is 0.125. The highest BCUT2D eigenvalue weighted by molar-refractivity contribution is 7.92. The number of nitrogens with one attached hydrogen (secondary N) is 1. The molecule has 0 heterocycles. The highest BCUT2D eigenvalue weighted by atomic mass is 35.5. The van der Waals surface area contributed by atoms with Crippen molar-refractivity contribution in [2.45, 2.75) is 6.54 Å². The van der Waals surface area contributed by atoms with Crippen molar-refractivity contribution in [1.82, 2.24) is 5.43 Å². The molecule has 34 heavy (non-hydrogen) atoms. The van der Waals surface area contributed by atoms with Crippen molar-refractivity contribution in [3.63, 3.8) is 0 Å². The monoisotopic (exact) mass is 496 g/mol. The van der Waals surface area contributed by atoms with E-state index < -0.39 is 15.9 Å². The summed E-state index contributed by atoms with van der Waals surface area (Å²) in [7, 11) is -3.56. The molecule has 0 atom stereocenters. The lowest BCUT2D eigenvalue weighted by Crippen LogP contribution is -2.29. The highest BCUT2D eigenvalue weighted by Crippen LogP contribution is 2.22. The van der Waals surface area contributed by atoms with Crippen molar-refractivity contribution in [3.8, 4) is 11.8 Å². The Labute approximate surface area is 203 Å². The first kappa shape index (κ1) is 24.8. The van der Waals surface area contributed by atoms with Crippen molar-refractivity contribution in [2.24, 2.45) is 5.10 Å². The van der Waals surface area contributed by atoms with Gasteiger partial charge < -0.3 is 4.74 Å². The molecule has 0 radical (unpaired) electrons. The number of carbonyl (C=O) groups is 1. The van der Waals surface area contributed by atoms with Crippen LogP contribution < -0.4 is 14.5 Å². The number of nitrogens with zero attached hydrogens (tertiary/aromatic N) is 3. The lowest BCUT2D eigenvalue weighted by atomic mass is 10.2. The smallest absolute Gasteiger partial charge is 0.271 e. The van der Waals surface area contributed by atoms with Gasteiger partial charge >= 0.3 is 0 Å². The van der Waals surface area contributed by atoms with Crippen LogP contribution in [0.2, 0.25) is 5.02 Å². The molecule has 0 saturated carbocycles. The van der Waals surface area contributed by atoms with E-state index in [2.05, 4.69) is 10.5 Å². The number of rotatable bonds is 9. The van der Waals surface area contributed by atoms with Gasteiger partial charge in [0.25, 0.3) is 5.91 Å². The molecule has 0 fully saturated rings. The maximum Gasteiger partial charge on any atom is 0.271 e. The fourth-order valence-corrected chi connectivity index (χ4v) is 3.94.